The van der Waals surface area contributed by atoms with E-state index in [1.807, 2.05) is 0 Å². The third-order valence-corrected chi connectivity index (χ3v) is 1.97. The predicted octanol–water partition coefficient (Wildman–Crippen LogP) is 0.218. The summed E-state index contributed by atoms with van der Waals surface area (Å²) in [5.41, 5.74) is 0. The van der Waals surface area contributed by atoms with Crippen LogP contribution in [-0.2, 0) is 14.3 Å². The summed E-state index contributed by atoms with van der Waals surface area (Å²) < 4.78 is 4.54. The molecule has 0 aromatic heterocycles. The molecule has 1 unspecified atom stereocenters. The Labute approximate surface area is 71.3 Å². The Hall–Kier alpha value is -1.06. The van der Waals surface area contributed by atoms with E-state index in [1.54, 1.807) is 0 Å². The second-order valence-electron chi connectivity index (χ2n) is 2.91. The summed E-state index contributed by atoms with van der Waals surface area (Å²) in [4.78, 5) is 20.7. The average molecular weight is 171 g/mol. The molecule has 1 amide bonds. The number of hydrogen-bond acceptors (Lipinski definition) is 3. The second kappa shape index (κ2) is 4.74. The van der Waals surface area contributed by atoms with Gasteiger partial charge in [-0.15, -0.1) is 0 Å². The summed E-state index contributed by atoms with van der Waals surface area (Å²) in [6, 6.07) is 0.200. The van der Waals surface area contributed by atoms with Crippen molar-refractivity contribution in [3.63, 3.8) is 0 Å². The van der Waals surface area contributed by atoms with Gasteiger partial charge in [-0.05, 0) is 12.8 Å². The Balaban J connectivity index is 2.14. The molecule has 1 atom stereocenters. The molecule has 4 heteroatoms. The Morgan fingerprint density at radius 2 is 2.50 bits per heavy atom. The lowest BCUT2D eigenvalue weighted by molar-refractivity contribution is -0.129. The number of piperidine rings is 1. The zero-order chi connectivity index (χ0) is 8.81. The first-order chi connectivity index (χ1) is 5.83. The van der Waals surface area contributed by atoms with Crippen molar-refractivity contribution in [1.82, 2.24) is 5.32 Å². The normalized spacial score (nSPS) is 23.0. The zero-order valence-corrected chi connectivity index (χ0v) is 6.91. The number of rotatable bonds is 4. The van der Waals surface area contributed by atoms with Gasteiger partial charge in [-0.25, -0.2) is 0 Å². The van der Waals surface area contributed by atoms with Gasteiger partial charge in [0.2, 0.25) is 5.91 Å². The van der Waals surface area contributed by atoms with Crippen LogP contribution in [0.3, 0.4) is 0 Å². The maximum atomic E-state index is 10.9. The van der Waals surface area contributed by atoms with Crippen LogP contribution in [0, 0.1) is 0 Å². The molecule has 1 N–H and O–H groups in total. The summed E-state index contributed by atoms with van der Waals surface area (Å²) in [6.45, 7) is 0.832. The van der Waals surface area contributed by atoms with E-state index in [0.29, 0.717) is 19.5 Å². The van der Waals surface area contributed by atoms with Gasteiger partial charge in [0.1, 0.15) is 0 Å². The first-order valence-electron chi connectivity index (χ1n) is 4.17. The maximum absolute atomic E-state index is 10.9. The minimum absolute atomic E-state index is 0.109. The van der Waals surface area contributed by atoms with Crippen molar-refractivity contribution in [3.05, 3.63) is 0 Å². The molecule has 0 aromatic carbocycles. The molecule has 0 spiro atoms. The van der Waals surface area contributed by atoms with Gasteiger partial charge in [-0.3, -0.25) is 9.59 Å². The summed E-state index contributed by atoms with van der Waals surface area (Å²) in [7, 11) is 0. The fraction of sp³-hybridized carbons (Fsp3) is 0.750. The van der Waals surface area contributed by atoms with E-state index in [2.05, 4.69) is 10.1 Å². The quantitative estimate of drug-likeness (QED) is 0.486. The fourth-order valence-corrected chi connectivity index (χ4v) is 1.36. The smallest absolute Gasteiger partial charge is 0.293 e. The molecular weight excluding hydrogens is 158 g/mol. The molecule has 1 aliphatic heterocycles. The van der Waals surface area contributed by atoms with Crippen molar-refractivity contribution in [2.45, 2.75) is 31.7 Å². The maximum Gasteiger partial charge on any atom is 0.293 e. The van der Waals surface area contributed by atoms with Crippen LogP contribution in [0.15, 0.2) is 0 Å². The number of amides is 1. The highest BCUT2D eigenvalue weighted by atomic mass is 16.5. The van der Waals surface area contributed by atoms with Gasteiger partial charge in [0.25, 0.3) is 6.47 Å². The van der Waals surface area contributed by atoms with E-state index in [9.17, 15) is 9.59 Å². The van der Waals surface area contributed by atoms with Crippen molar-refractivity contribution in [3.8, 4) is 0 Å². The summed E-state index contributed by atoms with van der Waals surface area (Å²) in [5.74, 6) is 0.109. The zero-order valence-electron chi connectivity index (χ0n) is 6.91. The van der Waals surface area contributed by atoms with E-state index in [1.165, 1.54) is 0 Å². The molecule has 0 aromatic rings. The van der Waals surface area contributed by atoms with Crippen molar-refractivity contribution < 1.29 is 14.3 Å². The highest BCUT2D eigenvalue weighted by molar-refractivity contribution is 5.76. The Morgan fingerprint density at radius 1 is 1.67 bits per heavy atom. The second-order valence-corrected chi connectivity index (χ2v) is 2.91. The van der Waals surface area contributed by atoms with Gasteiger partial charge in [0.15, 0.2) is 0 Å². The number of nitrogens with one attached hydrogen (secondary N) is 1. The molecule has 4 nitrogen and oxygen atoms in total. The van der Waals surface area contributed by atoms with Crippen LogP contribution >= 0.6 is 0 Å². The monoisotopic (exact) mass is 171 g/mol. The molecule has 12 heavy (non-hydrogen) atoms. The molecule has 0 radical (unpaired) electrons. The predicted molar refractivity (Wildman–Crippen MR) is 42.4 cm³/mol. The van der Waals surface area contributed by atoms with Crippen molar-refractivity contribution in [1.29, 1.82) is 0 Å². The van der Waals surface area contributed by atoms with Crippen LogP contribution < -0.4 is 5.32 Å². The van der Waals surface area contributed by atoms with E-state index in [4.69, 9.17) is 0 Å². The van der Waals surface area contributed by atoms with Crippen molar-refractivity contribution >= 4 is 12.4 Å². The van der Waals surface area contributed by atoms with Crippen LogP contribution in [0.5, 0.6) is 0 Å². The van der Waals surface area contributed by atoms with E-state index in [-0.39, 0.29) is 11.9 Å². The molecule has 1 saturated heterocycles. The molecular formula is C8H13NO3. The molecule has 1 rings (SSSR count). The van der Waals surface area contributed by atoms with Crippen molar-refractivity contribution in [2.24, 2.45) is 0 Å². The lowest BCUT2D eigenvalue weighted by atomic mass is 10.0. The van der Waals surface area contributed by atoms with E-state index < -0.39 is 0 Å². The van der Waals surface area contributed by atoms with Gasteiger partial charge in [-0.1, -0.05) is 0 Å². The highest BCUT2D eigenvalue weighted by Crippen LogP contribution is 2.10. The number of ether oxygens (including phenoxy) is 1. The average Bonchev–Trinajstić information content (AvgIpc) is 2.05. The van der Waals surface area contributed by atoms with Crippen LogP contribution in [0.1, 0.15) is 25.7 Å². The minimum Gasteiger partial charge on any atom is -0.468 e. The van der Waals surface area contributed by atoms with Gasteiger partial charge in [-0.2, -0.15) is 0 Å². The SMILES string of the molecule is O=COCCC1CCCC(=O)N1. The first-order valence-corrected chi connectivity index (χ1v) is 4.17. The molecule has 0 saturated carbocycles. The fourth-order valence-electron chi connectivity index (χ4n) is 1.36. The molecule has 1 aliphatic rings. The third kappa shape index (κ3) is 2.90. The molecule has 1 heterocycles. The molecule has 1 fully saturated rings. The van der Waals surface area contributed by atoms with Crippen molar-refractivity contribution in [2.75, 3.05) is 6.61 Å². The minimum atomic E-state index is 0.109. The third-order valence-electron chi connectivity index (χ3n) is 1.97. The van der Waals surface area contributed by atoms with Gasteiger partial charge in [0, 0.05) is 18.9 Å². The Morgan fingerprint density at radius 3 is 3.17 bits per heavy atom. The summed E-state index contributed by atoms with van der Waals surface area (Å²) in [6.07, 6.45) is 3.29. The van der Waals surface area contributed by atoms with Gasteiger partial charge in [0.05, 0.1) is 6.61 Å². The number of carbonyl (C=O) groups is 2. The Kier molecular flexibility index (Phi) is 3.57. The molecule has 0 bridgehead atoms. The van der Waals surface area contributed by atoms with E-state index in [0.717, 1.165) is 19.3 Å². The highest BCUT2D eigenvalue weighted by Gasteiger charge is 2.17. The van der Waals surface area contributed by atoms with Gasteiger partial charge < -0.3 is 10.1 Å². The van der Waals surface area contributed by atoms with Crippen LogP contribution in [0.2, 0.25) is 0 Å². The lowest BCUT2D eigenvalue weighted by Crippen LogP contribution is -2.39. The largest absolute Gasteiger partial charge is 0.468 e. The van der Waals surface area contributed by atoms with Crippen LogP contribution in [0.25, 0.3) is 0 Å². The Bertz CT molecular complexity index is 170. The standard InChI is InChI=1S/C8H13NO3/c10-6-12-5-4-7-2-1-3-8(11)9-7/h6-7H,1-5H2,(H,9,11). The lowest BCUT2D eigenvalue weighted by Gasteiger charge is -2.22. The number of hydrogen-bond donors (Lipinski definition) is 1. The number of carbonyl (C=O) groups excluding carboxylic acids is 2. The first kappa shape index (κ1) is 9.03. The topological polar surface area (TPSA) is 55.4 Å². The summed E-state index contributed by atoms with van der Waals surface area (Å²) in [5, 5.41) is 2.84. The van der Waals surface area contributed by atoms with E-state index >= 15 is 0 Å². The summed E-state index contributed by atoms with van der Waals surface area (Å²) >= 11 is 0. The molecule has 68 valence electrons. The van der Waals surface area contributed by atoms with Gasteiger partial charge >= 0.3 is 0 Å². The molecule has 0 aliphatic carbocycles. The van der Waals surface area contributed by atoms with Crippen LogP contribution in [-0.4, -0.2) is 25.0 Å². The van der Waals surface area contributed by atoms with Crippen LogP contribution in [0.4, 0.5) is 0 Å².